The molecule has 3 N–H and O–H groups in total. The van der Waals surface area contributed by atoms with E-state index in [2.05, 4.69) is 25.5 Å². The van der Waals surface area contributed by atoms with Gasteiger partial charge in [-0.3, -0.25) is 0 Å². The first kappa shape index (κ1) is 25.4. The first-order valence-electron chi connectivity index (χ1n) is 12.0. The highest BCUT2D eigenvalue weighted by Crippen LogP contribution is 2.27. The van der Waals surface area contributed by atoms with Crippen LogP contribution >= 0.6 is 0 Å². The average Bonchev–Trinajstić information content (AvgIpc) is 2.87. The van der Waals surface area contributed by atoms with Gasteiger partial charge < -0.3 is 30.1 Å². The van der Waals surface area contributed by atoms with Crippen molar-refractivity contribution < 1.29 is 19.4 Å². The summed E-state index contributed by atoms with van der Waals surface area (Å²) in [4.78, 5) is 23.2. The Hall–Kier alpha value is -3.69. The van der Waals surface area contributed by atoms with Crippen LogP contribution in [0.2, 0.25) is 0 Å². The lowest BCUT2D eigenvalue weighted by molar-refractivity contribution is 0.0523. The average molecular weight is 492 g/mol. The van der Waals surface area contributed by atoms with E-state index in [1.165, 1.54) is 0 Å². The van der Waals surface area contributed by atoms with Gasteiger partial charge in [0, 0.05) is 48.3 Å². The van der Waals surface area contributed by atoms with Crippen molar-refractivity contribution in [3.05, 3.63) is 65.9 Å². The number of rotatable bonds is 7. The fourth-order valence-corrected chi connectivity index (χ4v) is 3.94. The van der Waals surface area contributed by atoms with Gasteiger partial charge in [-0.1, -0.05) is 18.2 Å². The molecule has 190 valence electrons. The summed E-state index contributed by atoms with van der Waals surface area (Å²) in [5, 5.41) is 16.0. The molecule has 36 heavy (non-hydrogen) atoms. The Bertz CT molecular complexity index is 1190. The smallest absolute Gasteiger partial charge is 0.407 e. The van der Waals surface area contributed by atoms with E-state index in [-0.39, 0.29) is 6.61 Å². The molecule has 0 radical (unpaired) electrons. The van der Waals surface area contributed by atoms with Crippen LogP contribution in [0.1, 0.15) is 31.9 Å². The van der Waals surface area contributed by atoms with Gasteiger partial charge in [0.1, 0.15) is 5.60 Å². The van der Waals surface area contributed by atoms with Crippen molar-refractivity contribution in [2.24, 2.45) is 0 Å². The van der Waals surface area contributed by atoms with Crippen molar-refractivity contribution in [3.8, 4) is 11.3 Å². The maximum absolute atomic E-state index is 12.0. The van der Waals surface area contributed by atoms with E-state index in [4.69, 9.17) is 9.47 Å². The highest BCUT2D eigenvalue weighted by molar-refractivity contribution is 5.68. The number of nitrogens with one attached hydrogen (secondary N) is 2. The van der Waals surface area contributed by atoms with Gasteiger partial charge in [0.05, 0.1) is 25.5 Å². The summed E-state index contributed by atoms with van der Waals surface area (Å²) < 4.78 is 10.7. The molecule has 0 saturated carbocycles. The minimum Gasteiger partial charge on any atom is -0.444 e. The number of amides is 1. The summed E-state index contributed by atoms with van der Waals surface area (Å²) in [6, 6.07) is 15.5. The van der Waals surface area contributed by atoms with E-state index in [0.29, 0.717) is 25.7 Å². The molecule has 2 aromatic carbocycles. The zero-order valence-electron chi connectivity index (χ0n) is 21.0. The van der Waals surface area contributed by atoms with Gasteiger partial charge in [-0.2, -0.15) is 0 Å². The largest absolute Gasteiger partial charge is 0.444 e. The third kappa shape index (κ3) is 6.93. The van der Waals surface area contributed by atoms with E-state index in [1.54, 1.807) is 6.20 Å². The van der Waals surface area contributed by atoms with Crippen LogP contribution in [0.25, 0.3) is 11.3 Å². The lowest BCUT2D eigenvalue weighted by Gasteiger charge is -2.30. The summed E-state index contributed by atoms with van der Waals surface area (Å²) in [5.74, 6) is 0.452. The quantitative estimate of drug-likeness (QED) is 0.450. The van der Waals surface area contributed by atoms with Crippen LogP contribution in [0, 0.1) is 0 Å². The minimum atomic E-state index is -0.545. The summed E-state index contributed by atoms with van der Waals surface area (Å²) in [6.45, 7) is 8.75. The minimum absolute atomic E-state index is 0.0623. The summed E-state index contributed by atoms with van der Waals surface area (Å²) >= 11 is 0. The number of ether oxygens (including phenoxy) is 2. The number of carbonyl (C=O) groups excluding carboxylic acids is 1. The fourth-order valence-electron chi connectivity index (χ4n) is 3.94. The summed E-state index contributed by atoms with van der Waals surface area (Å²) in [7, 11) is 0. The van der Waals surface area contributed by atoms with Crippen molar-refractivity contribution in [1.29, 1.82) is 0 Å². The number of morpholine rings is 1. The standard InChI is InChI=1S/C27H33N5O4/c1-27(2,3)36-26(34)29-17-19-5-4-6-20(15-19)23-9-10-28-25(31-23)30-22-7-8-24(21(16-22)18-33)32-11-13-35-14-12-32/h4-10,15-16,33H,11-14,17-18H2,1-3H3,(H,29,34)(H,28,30,31). The van der Waals surface area contributed by atoms with Crippen molar-refractivity contribution >= 4 is 23.4 Å². The highest BCUT2D eigenvalue weighted by Gasteiger charge is 2.17. The maximum atomic E-state index is 12.0. The molecule has 1 fully saturated rings. The number of alkyl carbamates (subject to hydrolysis) is 1. The molecular weight excluding hydrogens is 458 g/mol. The zero-order valence-corrected chi connectivity index (χ0v) is 21.0. The van der Waals surface area contributed by atoms with Crippen LogP contribution in [0.15, 0.2) is 54.7 Å². The van der Waals surface area contributed by atoms with Crippen LogP contribution in [0.3, 0.4) is 0 Å². The summed E-state index contributed by atoms with van der Waals surface area (Å²) in [5.41, 5.74) is 4.68. The SMILES string of the molecule is CC(C)(C)OC(=O)NCc1cccc(-c2ccnc(Nc3ccc(N4CCOCC4)c(CO)c3)n2)c1. The van der Waals surface area contributed by atoms with E-state index in [9.17, 15) is 9.90 Å². The lowest BCUT2D eigenvalue weighted by Crippen LogP contribution is -2.36. The van der Waals surface area contributed by atoms with Gasteiger partial charge >= 0.3 is 6.09 Å². The molecule has 0 bridgehead atoms. The van der Waals surface area contributed by atoms with Crippen LogP contribution in [-0.2, 0) is 22.6 Å². The Morgan fingerprint density at radius 2 is 1.94 bits per heavy atom. The normalized spacial score (nSPS) is 13.8. The molecule has 1 amide bonds. The maximum Gasteiger partial charge on any atom is 0.407 e. The van der Waals surface area contributed by atoms with Crippen LogP contribution in [-0.4, -0.2) is 53.1 Å². The molecule has 1 saturated heterocycles. The predicted octanol–water partition coefficient (Wildman–Crippen LogP) is 4.24. The molecule has 0 aliphatic carbocycles. The number of hydrogen-bond acceptors (Lipinski definition) is 8. The number of anilines is 3. The number of benzene rings is 2. The second-order valence-corrected chi connectivity index (χ2v) is 9.55. The molecule has 0 unspecified atom stereocenters. The first-order chi connectivity index (χ1) is 17.3. The number of carbonyl (C=O) groups is 1. The third-order valence-corrected chi connectivity index (χ3v) is 5.57. The molecule has 0 spiro atoms. The number of aliphatic hydroxyl groups is 1. The van der Waals surface area contributed by atoms with Gasteiger partial charge in [0.15, 0.2) is 0 Å². The molecule has 1 aliphatic heterocycles. The zero-order chi connectivity index (χ0) is 25.5. The molecule has 1 aliphatic rings. The monoisotopic (exact) mass is 491 g/mol. The Morgan fingerprint density at radius 1 is 1.14 bits per heavy atom. The third-order valence-electron chi connectivity index (χ3n) is 5.57. The molecule has 2 heterocycles. The lowest BCUT2D eigenvalue weighted by atomic mass is 10.1. The second-order valence-electron chi connectivity index (χ2n) is 9.55. The first-order valence-corrected chi connectivity index (χ1v) is 12.0. The molecule has 4 rings (SSSR count). The van der Waals surface area contributed by atoms with E-state index in [1.807, 2.05) is 69.3 Å². The van der Waals surface area contributed by atoms with Crippen LogP contribution in [0.5, 0.6) is 0 Å². The molecular formula is C27H33N5O4. The molecule has 9 nitrogen and oxygen atoms in total. The van der Waals surface area contributed by atoms with E-state index >= 15 is 0 Å². The molecule has 0 atom stereocenters. The second kappa shape index (κ2) is 11.4. The molecule has 1 aromatic heterocycles. The van der Waals surface area contributed by atoms with E-state index < -0.39 is 11.7 Å². The highest BCUT2D eigenvalue weighted by atomic mass is 16.6. The number of aromatic nitrogens is 2. The Balaban J connectivity index is 1.45. The van der Waals surface area contributed by atoms with Crippen molar-refractivity contribution in [2.45, 2.75) is 39.5 Å². The van der Waals surface area contributed by atoms with Crippen LogP contribution in [0.4, 0.5) is 22.1 Å². The van der Waals surface area contributed by atoms with E-state index in [0.717, 1.165) is 46.8 Å². The number of nitrogens with zero attached hydrogens (tertiary/aromatic N) is 3. The Kier molecular flexibility index (Phi) is 8.02. The molecule has 3 aromatic rings. The van der Waals surface area contributed by atoms with Crippen molar-refractivity contribution in [3.63, 3.8) is 0 Å². The van der Waals surface area contributed by atoms with Gasteiger partial charge in [0.2, 0.25) is 5.95 Å². The van der Waals surface area contributed by atoms with Gasteiger partial charge in [-0.05, 0) is 56.7 Å². The Morgan fingerprint density at radius 3 is 2.69 bits per heavy atom. The number of aliphatic hydroxyl groups excluding tert-OH is 1. The van der Waals surface area contributed by atoms with Gasteiger partial charge in [0.25, 0.3) is 0 Å². The fraction of sp³-hybridized carbons (Fsp3) is 0.370. The topological polar surface area (TPSA) is 109 Å². The van der Waals surface area contributed by atoms with Crippen LogP contribution < -0.4 is 15.5 Å². The Labute approximate surface area is 211 Å². The van der Waals surface area contributed by atoms with Crippen molar-refractivity contribution in [2.75, 3.05) is 36.5 Å². The molecule has 9 heteroatoms. The van der Waals surface area contributed by atoms with Gasteiger partial charge in [-0.15, -0.1) is 0 Å². The van der Waals surface area contributed by atoms with Crippen molar-refractivity contribution in [1.82, 2.24) is 15.3 Å². The number of hydrogen-bond donors (Lipinski definition) is 3. The predicted molar refractivity (Wildman–Crippen MR) is 139 cm³/mol. The summed E-state index contributed by atoms with van der Waals surface area (Å²) in [6.07, 6.45) is 1.24. The van der Waals surface area contributed by atoms with Gasteiger partial charge in [-0.25, -0.2) is 14.8 Å².